The van der Waals surface area contributed by atoms with Crippen molar-refractivity contribution >= 4 is 5.97 Å². The van der Waals surface area contributed by atoms with E-state index in [1.165, 1.54) is 13.2 Å². The van der Waals surface area contributed by atoms with Crippen LogP contribution in [0.1, 0.15) is 6.92 Å². The van der Waals surface area contributed by atoms with Gasteiger partial charge < -0.3 is 9.84 Å². The van der Waals surface area contributed by atoms with E-state index in [9.17, 15) is 4.79 Å². The Kier molecular flexibility index (Phi) is 3.93. The molecule has 0 spiro atoms. The van der Waals surface area contributed by atoms with Crippen LogP contribution in [0.25, 0.3) is 0 Å². The Labute approximate surface area is 64.7 Å². The quantitative estimate of drug-likeness (QED) is 0.477. The first kappa shape index (κ1) is 9.66. The first-order valence-electron chi connectivity index (χ1n) is 2.99. The Balaban J connectivity index is 4.39. The Bertz CT molecular complexity index is 214. The molecule has 4 nitrogen and oxygen atoms in total. The molecule has 0 aliphatic carbocycles. The average Bonchev–Trinajstić information content (AvgIpc) is 1.99. The van der Waals surface area contributed by atoms with Gasteiger partial charge in [-0.3, -0.25) is 0 Å². The highest BCUT2D eigenvalue weighted by Gasteiger charge is 2.06. The molecular weight excluding hydrogens is 146 g/mol. The second-order valence-electron chi connectivity index (χ2n) is 1.94. The number of carbonyl (C=O) groups is 1. The minimum atomic E-state index is -1.23. The number of methoxy groups -OCH3 is 1. The summed E-state index contributed by atoms with van der Waals surface area (Å²) in [7, 11) is 1.44. The van der Waals surface area contributed by atoms with Crippen LogP contribution in [-0.2, 0) is 9.53 Å². The lowest BCUT2D eigenvalue weighted by molar-refractivity contribution is -0.132. The van der Waals surface area contributed by atoms with Gasteiger partial charge in [-0.15, -0.1) is 0 Å². The second-order valence-corrected chi connectivity index (χ2v) is 1.94. The van der Waals surface area contributed by atoms with Crippen molar-refractivity contribution < 1.29 is 14.6 Å². The number of carboxylic acids is 1. The number of rotatable bonds is 3. The lowest BCUT2D eigenvalue weighted by Gasteiger charge is -2.01. The van der Waals surface area contributed by atoms with Crippen molar-refractivity contribution in [3.63, 3.8) is 0 Å². The molecule has 0 saturated carbocycles. The normalized spacial score (nSPS) is 13.7. The van der Waals surface area contributed by atoms with Gasteiger partial charge in [-0.25, -0.2) is 4.79 Å². The van der Waals surface area contributed by atoms with Crippen LogP contribution in [0.2, 0.25) is 0 Å². The fourth-order valence-corrected chi connectivity index (χ4v) is 0.459. The molecule has 4 heteroatoms. The summed E-state index contributed by atoms with van der Waals surface area (Å²) in [6.07, 6.45) is 0.906. The fraction of sp³-hybridized carbons (Fsp3) is 0.429. The molecule has 60 valence electrons. The molecule has 0 saturated heterocycles. The van der Waals surface area contributed by atoms with Gasteiger partial charge in [0.15, 0.2) is 0 Å². The Morgan fingerprint density at radius 3 is 2.64 bits per heavy atom. The van der Waals surface area contributed by atoms with Gasteiger partial charge in [0.2, 0.25) is 0 Å². The zero-order valence-electron chi connectivity index (χ0n) is 6.37. The third kappa shape index (κ3) is 3.38. The summed E-state index contributed by atoms with van der Waals surface area (Å²) in [6, 6.07) is 1.55. The zero-order valence-corrected chi connectivity index (χ0v) is 6.37. The van der Waals surface area contributed by atoms with Gasteiger partial charge in [-0.2, -0.15) is 5.26 Å². The topological polar surface area (TPSA) is 70.3 Å². The van der Waals surface area contributed by atoms with E-state index in [-0.39, 0.29) is 11.7 Å². The monoisotopic (exact) mass is 155 g/mol. The van der Waals surface area contributed by atoms with Crippen LogP contribution in [0.3, 0.4) is 0 Å². The van der Waals surface area contributed by atoms with Gasteiger partial charge in [-0.1, -0.05) is 0 Å². The fourth-order valence-electron chi connectivity index (χ4n) is 0.459. The van der Waals surface area contributed by atoms with Gasteiger partial charge in [0.1, 0.15) is 11.6 Å². The van der Waals surface area contributed by atoms with E-state index in [0.29, 0.717) is 0 Å². The lowest BCUT2D eigenvalue weighted by atomic mass is 10.2. The smallest absolute Gasteiger partial charge is 0.346 e. The molecule has 0 radical (unpaired) electrons. The molecule has 1 N–H and O–H groups in total. The highest BCUT2D eigenvalue weighted by molar-refractivity contribution is 5.91. The second kappa shape index (κ2) is 4.47. The average molecular weight is 155 g/mol. The number of aliphatic carboxylic acids is 1. The number of carboxylic acid groups (broad SMARTS) is 1. The molecular formula is C7H9NO3. The number of hydrogen-bond donors (Lipinski definition) is 1. The van der Waals surface area contributed by atoms with Crippen LogP contribution in [0, 0.1) is 11.3 Å². The zero-order chi connectivity index (χ0) is 8.85. The summed E-state index contributed by atoms with van der Waals surface area (Å²) in [6.45, 7) is 1.65. The standard InChI is InChI=1S/C7H9NO3/c1-5(11-2)3-6(4-8)7(9)10/h3,5H,1-2H3,(H,9,10). The predicted molar refractivity (Wildman–Crippen MR) is 37.8 cm³/mol. The minimum absolute atomic E-state index is 0.292. The van der Waals surface area contributed by atoms with Crippen molar-refractivity contribution in [3.05, 3.63) is 11.6 Å². The maximum Gasteiger partial charge on any atom is 0.346 e. The highest BCUT2D eigenvalue weighted by Crippen LogP contribution is 1.97. The van der Waals surface area contributed by atoms with Crippen LogP contribution in [0.5, 0.6) is 0 Å². The van der Waals surface area contributed by atoms with Crippen molar-refractivity contribution in [1.82, 2.24) is 0 Å². The van der Waals surface area contributed by atoms with Crippen molar-refractivity contribution in [2.75, 3.05) is 7.11 Å². The molecule has 0 rings (SSSR count). The molecule has 0 heterocycles. The maximum absolute atomic E-state index is 10.2. The van der Waals surface area contributed by atoms with Crippen LogP contribution < -0.4 is 0 Å². The Morgan fingerprint density at radius 1 is 1.82 bits per heavy atom. The van der Waals surface area contributed by atoms with E-state index in [1.807, 2.05) is 0 Å². The van der Waals surface area contributed by atoms with E-state index in [4.69, 9.17) is 15.1 Å². The molecule has 0 aromatic heterocycles. The van der Waals surface area contributed by atoms with Crippen molar-refractivity contribution in [2.24, 2.45) is 0 Å². The molecule has 0 amide bonds. The van der Waals surface area contributed by atoms with Crippen LogP contribution in [0.15, 0.2) is 11.6 Å². The van der Waals surface area contributed by atoms with E-state index >= 15 is 0 Å². The number of nitrogens with zero attached hydrogens (tertiary/aromatic N) is 1. The minimum Gasteiger partial charge on any atom is -0.477 e. The molecule has 0 aromatic rings. The summed E-state index contributed by atoms with van der Waals surface area (Å²) in [5.74, 6) is -1.23. The van der Waals surface area contributed by atoms with Crippen molar-refractivity contribution in [3.8, 4) is 6.07 Å². The largest absolute Gasteiger partial charge is 0.477 e. The van der Waals surface area contributed by atoms with Gasteiger partial charge in [0, 0.05) is 7.11 Å². The van der Waals surface area contributed by atoms with Gasteiger partial charge in [0.05, 0.1) is 6.10 Å². The van der Waals surface area contributed by atoms with Crippen LogP contribution in [-0.4, -0.2) is 24.3 Å². The third-order valence-corrected chi connectivity index (χ3v) is 1.12. The van der Waals surface area contributed by atoms with Crippen LogP contribution >= 0.6 is 0 Å². The van der Waals surface area contributed by atoms with E-state index in [0.717, 1.165) is 0 Å². The summed E-state index contributed by atoms with van der Waals surface area (Å²) < 4.78 is 4.74. The Morgan fingerprint density at radius 2 is 2.36 bits per heavy atom. The summed E-state index contributed by atoms with van der Waals surface area (Å²) in [5, 5.41) is 16.7. The van der Waals surface area contributed by atoms with Gasteiger partial charge in [-0.05, 0) is 13.0 Å². The van der Waals surface area contributed by atoms with E-state index in [1.54, 1.807) is 13.0 Å². The predicted octanol–water partition coefficient (Wildman–Crippen LogP) is 0.556. The molecule has 0 aliphatic heterocycles. The van der Waals surface area contributed by atoms with Gasteiger partial charge in [0.25, 0.3) is 0 Å². The third-order valence-electron chi connectivity index (χ3n) is 1.12. The van der Waals surface area contributed by atoms with Crippen molar-refractivity contribution in [1.29, 1.82) is 5.26 Å². The van der Waals surface area contributed by atoms with E-state index in [2.05, 4.69) is 0 Å². The van der Waals surface area contributed by atoms with Crippen molar-refractivity contribution in [2.45, 2.75) is 13.0 Å². The maximum atomic E-state index is 10.2. The number of hydrogen-bond acceptors (Lipinski definition) is 3. The Hall–Kier alpha value is -1.34. The molecule has 0 fully saturated rings. The molecule has 0 bridgehead atoms. The molecule has 0 aromatic carbocycles. The van der Waals surface area contributed by atoms with E-state index < -0.39 is 5.97 Å². The summed E-state index contributed by atoms with van der Waals surface area (Å²) in [4.78, 5) is 10.2. The van der Waals surface area contributed by atoms with Crippen LogP contribution in [0.4, 0.5) is 0 Å². The first-order chi connectivity index (χ1) is 5.11. The molecule has 1 unspecified atom stereocenters. The first-order valence-corrected chi connectivity index (χ1v) is 2.99. The lowest BCUT2D eigenvalue weighted by Crippen LogP contribution is -2.05. The molecule has 0 aliphatic rings. The van der Waals surface area contributed by atoms with Gasteiger partial charge >= 0.3 is 5.97 Å². The number of nitriles is 1. The summed E-state index contributed by atoms with van der Waals surface area (Å²) in [5.41, 5.74) is -0.292. The number of ether oxygens (including phenoxy) is 1. The summed E-state index contributed by atoms with van der Waals surface area (Å²) >= 11 is 0. The molecule has 1 atom stereocenters. The molecule has 11 heavy (non-hydrogen) atoms. The highest BCUT2D eigenvalue weighted by atomic mass is 16.5. The SMILES string of the molecule is COC(C)C=C(C#N)C(=O)O.